The second-order valence-electron chi connectivity index (χ2n) is 23.4. The maximum atomic E-state index is 7.39. The molecule has 13 rings (SSSR count). The van der Waals surface area contributed by atoms with Crippen LogP contribution in [-0.4, -0.2) is 6.71 Å². The van der Waals surface area contributed by atoms with Crippen molar-refractivity contribution in [3.05, 3.63) is 217 Å². The Morgan fingerprint density at radius 1 is 0.432 bits per heavy atom. The minimum absolute atomic E-state index is 0.00747. The quantitative estimate of drug-likeness (QED) is 0.155. The lowest BCUT2D eigenvalue weighted by atomic mass is 9.35. The molecule has 2 aliphatic rings. The molecule has 0 amide bonds. The topological polar surface area (TPSA) is 22.9 Å². The molecule has 0 saturated heterocycles. The highest BCUT2D eigenvalue weighted by Crippen LogP contribution is 2.51. The first kappa shape index (κ1) is 46.0. The first-order chi connectivity index (χ1) is 35.6. The molecule has 9 aromatic carbocycles. The first-order valence-electron chi connectivity index (χ1n) is 26.1. The van der Waals surface area contributed by atoms with Crippen LogP contribution in [0.3, 0.4) is 0 Å². The molecule has 11 aromatic rings. The van der Waals surface area contributed by atoms with Gasteiger partial charge in [-0.15, -0.1) is 11.3 Å². The number of rotatable bonds is 6. The highest BCUT2D eigenvalue weighted by atomic mass is 32.1. The molecule has 0 fully saturated rings. The largest absolute Gasteiger partial charge is 0.468 e. The molecule has 2 aliphatic heterocycles. The minimum atomic E-state index is -0.207. The van der Waals surface area contributed by atoms with Gasteiger partial charge in [0.25, 0.3) is 6.71 Å². The van der Waals surface area contributed by atoms with Crippen LogP contribution in [0.1, 0.15) is 79.0 Å². The van der Waals surface area contributed by atoms with E-state index in [1.807, 2.05) is 11.3 Å². The zero-order valence-electron chi connectivity index (χ0n) is 43.8. The van der Waals surface area contributed by atoms with E-state index in [9.17, 15) is 0 Å². The van der Waals surface area contributed by atoms with Gasteiger partial charge in [-0.2, -0.15) is 0 Å². The van der Waals surface area contributed by atoms with Crippen LogP contribution in [0.5, 0.6) is 0 Å². The predicted molar refractivity (Wildman–Crippen MR) is 319 cm³/mol. The van der Waals surface area contributed by atoms with Gasteiger partial charge in [-0.25, -0.2) is 0 Å². The fourth-order valence-electron chi connectivity index (χ4n) is 11.6. The summed E-state index contributed by atoms with van der Waals surface area (Å²) in [6.45, 7) is 20.4. The number of hydrogen-bond donors (Lipinski definition) is 0. The van der Waals surface area contributed by atoms with Crippen molar-refractivity contribution >= 4 is 117 Å². The molecule has 4 heterocycles. The molecule has 0 spiro atoms. The molecule has 4 nitrogen and oxygen atoms in total. The Morgan fingerprint density at radius 2 is 0.986 bits per heavy atom. The fraction of sp³-hybridized carbons (Fsp3) is 0.176. The van der Waals surface area contributed by atoms with E-state index in [-0.39, 0.29) is 23.0 Å². The summed E-state index contributed by atoms with van der Waals surface area (Å²) in [5.41, 5.74) is 20.6. The second-order valence-corrected chi connectivity index (χ2v) is 24.5. The van der Waals surface area contributed by atoms with E-state index in [2.05, 4.69) is 277 Å². The van der Waals surface area contributed by atoms with Crippen LogP contribution >= 0.6 is 11.3 Å². The van der Waals surface area contributed by atoms with Crippen LogP contribution in [0.15, 0.2) is 205 Å². The van der Waals surface area contributed by atoms with E-state index >= 15 is 0 Å². The SMILES string of the molecule is CC(C)(C)c1ccc(N(c2ccc(C(C)(C)C)cc2)c2ccc3c(c2)N(c2cccc4c2sc2ccccc24)c2cccc4c2B3c2oc3ccc(-c5ccccc5)cc3c2N4c2ccc(C(C)(C)C)cc2)cc1. The van der Waals surface area contributed by atoms with Crippen LogP contribution < -0.4 is 31.3 Å². The first-order valence-corrected chi connectivity index (χ1v) is 26.9. The van der Waals surface area contributed by atoms with Crippen LogP contribution in [0.25, 0.3) is 42.3 Å². The van der Waals surface area contributed by atoms with Crippen LogP contribution in [0.4, 0.5) is 51.2 Å². The van der Waals surface area contributed by atoms with Gasteiger partial charge in [0, 0.05) is 60.7 Å². The van der Waals surface area contributed by atoms with E-state index in [0.717, 1.165) is 73.4 Å². The molecule has 0 N–H and O–H groups in total. The standard InChI is InChI=1S/C68H60BN3OS/c1-66(2,3)45-26-32-48(33-27-45)70(49-34-28-46(29-35-49)67(4,5)6)51-38-39-55-59(42-51)72(58-23-15-20-53-52-19-13-14-24-61(52)74-64(53)58)57-22-16-21-56-62(57)69(55)65-63(71(56)50-36-30-47(31-37-50)68(7,8)9)54-41-44(25-40-60(54)73-65)43-17-11-10-12-18-43/h10-42H,1-9H3. The van der Waals surface area contributed by atoms with Crippen molar-refractivity contribution < 1.29 is 4.42 Å². The number of hydrogen-bond acceptors (Lipinski definition) is 5. The van der Waals surface area contributed by atoms with Gasteiger partial charge in [0.05, 0.1) is 21.7 Å². The van der Waals surface area contributed by atoms with Gasteiger partial charge in [0.15, 0.2) is 0 Å². The summed E-state index contributed by atoms with van der Waals surface area (Å²) in [6.07, 6.45) is 0. The number of benzene rings is 9. The van der Waals surface area contributed by atoms with Crippen molar-refractivity contribution in [2.75, 3.05) is 14.7 Å². The number of fused-ring (bicyclic) bond motifs is 9. The lowest BCUT2D eigenvalue weighted by Crippen LogP contribution is -2.61. The van der Waals surface area contributed by atoms with E-state index in [0.29, 0.717) is 0 Å². The Morgan fingerprint density at radius 3 is 1.64 bits per heavy atom. The molecular formula is C68H60BN3OS. The smallest absolute Gasteiger partial charge is 0.297 e. The predicted octanol–water partition coefficient (Wildman–Crippen LogP) is 17.9. The summed E-state index contributed by atoms with van der Waals surface area (Å²) >= 11 is 1.88. The number of furan rings is 1. The highest BCUT2D eigenvalue weighted by molar-refractivity contribution is 7.26. The van der Waals surface area contributed by atoms with Gasteiger partial charge in [-0.05, 0) is 140 Å². The van der Waals surface area contributed by atoms with Gasteiger partial charge >= 0.3 is 0 Å². The van der Waals surface area contributed by atoms with E-state index in [1.54, 1.807) is 0 Å². The monoisotopic (exact) mass is 977 g/mol. The zero-order chi connectivity index (χ0) is 50.8. The average molecular weight is 978 g/mol. The van der Waals surface area contributed by atoms with Crippen molar-refractivity contribution in [2.45, 2.75) is 78.6 Å². The molecule has 0 saturated carbocycles. The Labute approximate surface area is 440 Å². The molecular weight excluding hydrogens is 918 g/mol. The summed E-state index contributed by atoms with van der Waals surface area (Å²) in [5, 5.41) is 3.64. The molecule has 362 valence electrons. The van der Waals surface area contributed by atoms with Gasteiger partial charge in [-0.3, -0.25) is 0 Å². The van der Waals surface area contributed by atoms with Gasteiger partial charge in [0.2, 0.25) is 0 Å². The van der Waals surface area contributed by atoms with E-state index < -0.39 is 0 Å². The van der Waals surface area contributed by atoms with Crippen molar-refractivity contribution in [3.63, 3.8) is 0 Å². The van der Waals surface area contributed by atoms with Crippen LogP contribution in [0.2, 0.25) is 0 Å². The number of anilines is 9. The molecule has 2 aromatic heterocycles. The molecule has 0 radical (unpaired) electrons. The molecule has 0 unspecified atom stereocenters. The van der Waals surface area contributed by atoms with Gasteiger partial charge in [0.1, 0.15) is 5.58 Å². The second kappa shape index (κ2) is 16.9. The third-order valence-corrected chi connectivity index (χ3v) is 16.7. The Kier molecular flexibility index (Phi) is 10.5. The molecule has 74 heavy (non-hydrogen) atoms. The van der Waals surface area contributed by atoms with Gasteiger partial charge < -0.3 is 19.1 Å². The van der Waals surface area contributed by atoms with E-state index in [4.69, 9.17) is 4.42 Å². The maximum Gasteiger partial charge on any atom is 0.297 e. The van der Waals surface area contributed by atoms with Gasteiger partial charge in [-0.1, -0.05) is 178 Å². The highest BCUT2D eigenvalue weighted by Gasteiger charge is 2.47. The fourth-order valence-corrected chi connectivity index (χ4v) is 12.8. The lowest BCUT2D eigenvalue weighted by Gasteiger charge is -2.43. The summed E-state index contributed by atoms with van der Waals surface area (Å²) in [5.74, 6) is 0. The van der Waals surface area contributed by atoms with Crippen molar-refractivity contribution in [2.24, 2.45) is 0 Å². The maximum absolute atomic E-state index is 7.39. The minimum Gasteiger partial charge on any atom is -0.468 e. The molecule has 6 heteroatoms. The van der Waals surface area contributed by atoms with Crippen molar-refractivity contribution in [1.82, 2.24) is 0 Å². The molecule has 0 aliphatic carbocycles. The van der Waals surface area contributed by atoms with Crippen molar-refractivity contribution in [3.8, 4) is 11.1 Å². The number of nitrogens with zero attached hydrogens (tertiary/aromatic N) is 3. The van der Waals surface area contributed by atoms with E-state index in [1.165, 1.54) is 53.4 Å². The summed E-state index contributed by atoms with van der Waals surface area (Å²) in [4.78, 5) is 7.49. The zero-order valence-corrected chi connectivity index (χ0v) is 44.6. The number of thiophene rings is 1. The summed E-state index contributed by atoms with van der Waals surface area (Å²) in [6, 6.07) is 74.8. The normalized spacial score (nSPS) is 13.4. The summed E-state index contributed by atoms with van der Waals surface area (Å²) in [7, 11) is 0. The molecule has 0 atom stereocenters. The third-order valence-electron chi connectivity index (χ3n) is 15.5. The Hall–Kier alpha value is -7.80. The van der Waals surface area contributed by atoms with Crippen LogP contribution in [0, 0.1) is 0 Å². The third kappa shape index (κ3) is 7.48. The Bertz CT molecular complexity index is 3900. The Balaban J connectivity index is 1.09. The summed E-state index contributed by atoms with van der Waals surface area (Å²) < 4.78 is 9.94. The average Bonchev–Trinajstić information content (AvgIpc) is 3.99. The lowest BCUT2D eigenvalue weighted by molar-refractivity contribution is 0.590. The van der Waals surface area contributed by atoms with Crippen LogP contribution in [-0.2, 0) is 16.2 Å². The molecule has 0 bridgehead atoms. The van der Waals surface area contributed by atoms with Crippen molar-refractivity contribution in [1.29, 1.82) is 0 Å².